The molecule has 3 rings (SSSR count). The average Bonchev–Trinajstić information content (AvgIpc) is 2.97. The van der Waals surface area contributed by atoms with Crippen molar-refractivity contribution in [2.45, 2.75) is 0 Å². The number of H-pyrrole nitrogens is 1. The van der Waals surface area contributed by atoms with Crippen LogP contribution in [0.5, 0.6) is 5.75 Å². The van der Waals surface area contributed by atoms with Gasteiger partial charge in [0.25, 0.3) is 0 Å². The van der Waals surface area contributed by atoms with Crippen LogP contribution in [-0.2, 0) is 4.74 Å². The molecule has 0 aliphatic heterocycles. The summed E-state index contributed by atoms with van der Waals surface area (Å²) in [5.74, 6) is 1.59. The Balaban J connectivity index is 2.13. The number of aromatic nitrogens is 3. The standard InChI is InChI=1S/C14H16N4O2/c1-19-6-5-15-14-13-11(8-16-18-13)10-7-9(20-2)3-4-12(10)17-14/h3-4,7-8H,5-6H2,1-2H3,(H,15,17)(H,16,18). The summed E-state index contributed by atoms with van der Waals surface area (Å²) in [6.07, 6.45) is 1.81. The lowest BCUT2D eigenvalue weighted by atomic mass is 10.1. The van der Waals surface area contributed by atoms with Crippen LogP contribution in [0.25, 0.3) is 21.8 Å². The van der Waals surface area contributed by atoms with Gasteiger partial charge in [-0.05, 0) is 18.2 Å². The van der Waals surface area contributed by atoms with Crippen molar-refractivity contribution in [1.29, 1.82) is 0 Å². The van der Waals surface area contributed by atoms with Crippen molar-refractivity contribution in [2.75, 3.05) is 32.7 Å². The van der Waals surface area contributed by atoms with E-state index >= 15 is 0 Å². The van der Waals surface area contributed by atoms with Crippen molar-refractivity contribution in [3.05, 3.63) is 24.4 Å². The molecule has 0 aliphatic carbocycles. The number of nitrogens with zero attached hydrogens (tertiary/aromatic N) is 2. The molecule has 0 saturated carbocycles. The van der Waals surface area contributed by atoms with E-state index in [1.807, 2.05) is 18.2 Å². The number of benzene rings is 1. The number of ether oxygens (including phenoxy) is 2. The summed E-state index contributed by atoms with van der Waals surface area (Å²) in [5, 5.41) is 12.4. The molecule has 3 aromatic rings. The lowest BCUT2D eigenvalue weighted by Crippen LogP contribution is -2.09. The van der Waals surface area contributed by atoms with Crippen LogP contribution in [0.3, 0.4) is 0 Å². The van der Waals surface area contributed by atoms with Gasteiger partial charge in [0.05, 0.1) is 25.4 Å². The molecule has 0 unspecified atom stereocenters. The Hall–Kier alpha value is -2.34. The van der Waals surface area contributed by atoms with E-state index < -0.39 is 0 Å². The van der Waals surface area contributed by atoms with Crippen LogP contribution < -0.4 is 10.1 Å². The van der Waals surface area contributed by atoms with E-state index in [0.29, 0.717) is 13.2 Å². The molecule has 0 fully saturated rings. The highest BCUT2D eigenvalue weighted by Crippen LogP contribution is 2.29. The molecule has 6 nitrogen and oxygen atoms in total. The highest BCUT2D eigenvalue weighted by Gasteiger charge is 2.10. The van der Waals surface area contributed by atoms with Gasteiger partial charge in [-0.1, -0.05) is 0 Å². The molecule has 0 bridgehead atoms. The van der Waals surface area contributed by atoms with Crippen LogP contribution >= 0.6 is 0 Å². The van der Waals surface area contributed by atoms with Crippen LogP contribution in [-0.4, -0.2) is 42.6 Å². The van der Waals surface area contributed by atoms with E-state index in [9.17, 15) is 0 Å². The SMILES string of the molecule is COCCNc1nc2ccc(OC)cc2c2cn[nH]c12. The lowest BCUT2D eigenvalue weighted by molar-refractivity contribution is 0.210. The second kappa shape index (κ2) is 5.34. The fraction of sp³-hybridized carbons (Fsp3) is 0.286. The predicted molar refractivity (Wildman–Crippen MR) is 78.3 cm³/mol. The summed E-state index contributed by atoms with van der Waals surface area (Å²) in [4.78, 5) is 4.63. The zero-order valence-electron chi connectivity index (χ0n) is 11.4. The van der Waals surface area contributed by atoms with Gasteiger partial charge in [-0.15, -0.1) is 0 Å². The Morgan fingerprint density at radius 3 is 2.95 bits per heavy atom. The summed E-state index contributed by atoms with van der Waals surface area (Å²) in [7, 11) is 3.33. The molecule has 0 saturated heterocycles. The number of methoxy groups -OCH3 is 2. The number of fused-ring (bicyclic) bond motifs is 3. The van der Waals surface area contributed by atoms with Gasteiger partial charge < -0.3 is 14.8 Å². The third kappa shape index (κ3) is 2.14. The number of rotatable bonds is 5. The van der Waals surface area contributed by atoms with Crippen molar-refractivity contribution >= 4 is 27.6 Å². The Bertz CT molecular complexity index is 738. The first-order valence-corrected chi connectivity index (χ1v) is 6.37. The number of anilines is 1. The summed E-state index contributed by atoms with van der Waals surface area (Å²) in [5.41, 5.74) is 1.79. The maximum Gasteiger partial charge on any atom is 0.152 e. The number of pyridine rings is 1. The monoisotopic (exact) mass is 272 g/mol. The number of hydrogen-bond acceptors (Lipinski definition) is 5. The summed E-state index contributed by atoms with van der Waals surface area (Å²) < 4.78 is 10.3. The summed E-state index contributed by atoms with van der Waals surface area (Å²) in [6.45, 7) is 1.32. The van der Waals surface area contributed by atoms with Crippen LogP contribution in [0.15, 0.2) is 24.4 Å². The van der Waals surface area contributed by atoms with Gasteiger partial charge in [0.2, 0.25) is 0 Å². The number of hydrogen-bond donors (Lipinski definition) is 2. The van der Waals surface area contributed by atoms with Gasteiger partial charge in [-0.2, -0.15) is 5.10 Å². The molecule has 0 amide bonds. The fourth-order valence-electron chi connectivity index (χ4n) is 2.20. The number of nitrogens with one attached hydrogen (secondary N) is 2. The first kappa shape index (κ1) is 12.7. The molecule has 0 radical (unpaired) electrons. The minimum atomic E-state index is 0.623. The van der Waals surface area contributed by atoms with Gasteiger partial charge in [0, 0.05) is 24.4 Å². The molecule has 0 atom stereocenters. The molecule has 104 valence electrons. The van der Waals surface area contributed by atoms with Gasteiger partial charge >= 0.3 is 0 Å². The minimum absolute atomic E-state index is 0.623. The molecule has 20 heavy (non-hydrogen) atoms. The Kier molecular flexibility index (Phi) is 3.39. The third-order valence-electron chi connectivity index (χ3n) is 3.20. The van der Waals surface area contributed by atoms with Crippen molar-refractivity contribution in [3.8, 4) is 5.75 Å². The van der Waals surface area contributed by atoms with Gasteiger partial charge in [-0.3, -0.25) is 5.10 Å². The van der Waals surface area contributed by atoms with Gasteiger partial charge in [0.1, 0.15) is 11.3 Å². The molecular formula is C14H16N4O2. The van der Waals surface area contributed by atoms with E-state index in [1.165, 1.54) is 0 Å². The summed E-state index contributed by atoms with van der Waals surface area (Å²) in [6, 6.07) is 5.82. The highest BCUT2D eigenvalue weighted by atomic mass is 16.5. The van der Waals surface area contributed by atoms with E-state index in [2.05, 4.69) is 20.5 Å². The van der Waals surface area contributed by atoms with E-state index in [0.717, 1.165) is 33.4 Å². The van der Waals surface area contributed by atoms with Gasteiger partial charge in [-0.25, -0.2) is 4.98 Å². The van der Waals surface area contributed by atoms with E-state index in [4.69, 9.17) is 9.47 Å². The van der Waals surface area contributed by atoms with Crippen LogP contribution in [0.1, 0.15) is 0 Å². The zero-order chi connectivity index (χ0) is 13.9. The smallest absolute Gasteiger partial charge is 0.152 e. The largest absolute Gasteiger partial charge is 0.497 e. The molecule has 0 spiro atoms. The van der Waals surface area contributed by atoms with Crippen LogP contribution in [0.2, 0.25) is 0 Å². The van der Waals surface area contributed by atoms with Crippen molar-refractivity contribution in [2.24, 2.45) is 0 Å². The Morgan fingerprint density at radius 2 is 2.15 bits per heavy atom. The zero-order valence-corrected chi connectivity index (χ0v) is 11.4. The maximum atomic E-state index is 5.27. The van der Waals surface area contributed by atoms with Gasteiger partial charge in [0.15, 0.2) is 5.82 Å². The van der Waals surface area contributed by atoms with Crippen LogP contribution in [0.4, 0.5) is 5.82 Å². The molecule has 0 aliphatic rings. The molecule has 2 heterocycles. The average molecular weight is 272 g/mol. The normalized spacial score (nSPS) is 11.1. The Morgan fingerprint density at radius 1 is 1.25 bits per heavy atom. The first-order valence-electron chi connectivity index (χ1n) is 6.37. The lowest BCUT2D eigenvalue weighted by Gasteiger charge is -2.09. The topological polar surface area (TPSA) is 72.1 Å². The quantitative estimate of drug-likeness (QED) is 0.696. The second-order valence-corrected chi connectivity index (χ2v) is 4.42. The molecular weight excluding hydrogens is 256 g/mol. The summed E-state index contributed by atoms with van der Waals surface area (Å²) >= 11 is 0. The molecule has 6 heteroatoms. The van der Waals surface area contributed by atoms with E-state index in [1.54, 1.807) is 20.4 Å². The Labute approximate surface area is 116 Å². The second-order valence-electron chi connectivity index (χ2n) is 4.42. The van der Waals surface area contributed by atoms with Crippen molar-refractivity contribution in [1.82, 2.24) is 15.2 Å². The fourth-order valence-corrected chi connectivity index (χ4v) is 2.20. The molecule has 2 aromatic heterocycles. The maximum absolute atomic E-state index is 5.27. The molecule has 1 aromatic carbocycles. The highest BCUT2D eigenvalue weighted by molar-refractivity contribution is 6.08. The van der Waals surface area contributed by atoms with Crippen LogP contribution in [0, 0.1) is 0 Å². The van der Waals surface area contributed by atoms with E-state index in [-0.39, 0.29) is 0 Å². The van der Waals surface area contributed by atoms with Crippen molar-refractivity contribution < 1.29 is 9.47 Å². The van der Waals surface area contributed by atoms with Crippen molar-refractivity contribution in [3.63, 3.8) is 0 Å². The number of aromatic amines is 1. The third-order valence-corrected chi connectivity index (χ3v) is 3.20. The minimum Gasteiger partial charge on any atom is -0.497 e. The predicted octanol–water partition coefficient (Wildman–Crippen LogP) is 2.18. The molecule has 2 N–H and O–H groups in total. The first-order chi connectivity index (χ1) is 9.83.